The number of hydrogen-bond donors (Lipinski definition) is 3. The van der Waals surface area contributed by atoms with E-state index >= 15 is 0 Å². The number of ether oxygens (including phenoxy) is 1. The third-order valence-electron chi connectivity index (χ3n) is 3.21. The molecule has 0 aromatic carbocycles. The molecular weight excluding hydrogens is 236 g/mol. The minimum Gasteiger partial charge on any atom is -0.481 e. The fourth-order valence-electron chi connectivity index (χ4n) is 2.24. The zero-order valence-electron chi connectivity index (χ0n) is 10.8. The summed E-state index contributed by atoms with van der Waals surface area (Å²) in [5.41, 5.74) is 0. The van der Waals surface area contributed by atoms with E-state index in [4.69, 9.17) is 9.84 Å². The summed E-state index contributed by atoms with van der Waals surface area (Å²) in [6.07, 6.45) is 4.02. The molecule has 0 heterocycles. The van der Waals surface area contributed by atoms with Gasteiger partial charge in [-0.1, -0.05) is 12.8 Å². The molecule has 0 radical (unpaired) electrons. The van der Waals surface area contributed by atoms with E-state index in [1.165, 1.54) is 0 Å². The van der Waals surface area contributed by atoms with Crippen LogP contribution in [0.3, 0.4) is 0 Å². The Morgan fingerprint density at radius 2 is 2.06 bits per heavy atom. The van der Waals surface area contributed by atoms with Crippen molar-refractivity contribution in [1.29, 1.82) is 0 Å². The zero-order chi connectivity index (χ0) is 13.4. The fourth-order valence-corrected chi connectivity index (χ4v) is 2.24. The van der Waals surface area contributed by atoms with Crippen LogP contribution in [0.2, 0.25) is 0 Å². The van der Waals surface area contributed by atoms with Gasteiger partial charge in [-0.3, -0.25) is 4.79 Å². The van der Waals surface area contributed by atoms with E-state index in [9.17, 15) is 9.59 Å². The van der Waals surface area contributed by atoms with Crippen LogP contribution in [0.15, 0.2) is 0 Å². The van der Waals surface area contributed by atoms with Crippen LogP contribution in [-0.4, -0.2) is 43.4 Å². The first-order chi connectivity index (χ1) is 8.65. The summed E-state index contributed by atoms with van der Waals surface area (Å²) in [6.45, 7) is 1.13. The Morgan fingerprint density at radius 3 is 2.72 bits per heavy atom. The largest absolute Gasteiger partial charge is 0.481 e. The standard InChI is InChI=1S/C12H22N2O4/c1-18-8-4-7-13-12(17)14-10-6-3-2-5-9(10)11(15)16/h9-10H,2-8H2,1H3,(H,15,16)(H2,13,14,17). The summed E-state index contributed by atoms with van der Waals surface area (Å²) >= 11 is 0. The number of methoxy groups -OCH3 is 1. The van der Waals surface area contributed by atoms with Crippen molar-refractivity contribution in [2.45, 2.75) is 38.1 Å². The lowest BCUT2D eigenvalue weighted by Crippen LogP contribution is -2.49. The van der Waals surface area contributed by atoms with E-state index in [1.54, 1.807) is 7.11 Å². The maximum atomic E-state index is 11.6. The van der Waals surface area contributed by atoms with Crippen LogP contribution in [0.5, 0.6) is 0 Å². The highest BCUT2D eigenvalue weighted by Gasteiger charge is 2.31. The highest BCUT2D eigenvalue weighted by molar-refractivity contribution is 5.76. The predicted molar refractivity (Wildman–Crippen MR) is 66.4 cm³/mol. The molecule has 1 aliphatic rings. The summed E-state index contributed by atoms with van der Waals surface area (Å²) in [7, 11) is 1.61. The first kappa shape index (κ1) is 14.8. The van der Waals surface area contributed by atoms with Gasteiger partial charge in [0.15, 0.2) is 0 Å². The molecule has 18 heavy (non-hydrogen) atoms. The number of carboxylic acids is 1. The number of carbonyl (C=O) groups excluding carboxylic acids is 1. The molecule has 2 atom stereocenters. The lowest BCUT2D eigenvalue weighted by atomic mass is 9.84. The van der Waals surface area contributed by atoms with E-state index in [2.05, 4.69) is 10.6 Å². The molecule has 104 valence electrons. The van der Waals surface area contributed by atoms with Crippen LogP contribution >= 0.6 is 0 Å². The Kier molecular flexibility index (Phi) is 6.49. The molecule has 0 aromatic rings. The molecule has 3 N–H and O–H groups in total. The maximum absolute atomic E-state index is 11.6. The highest BCUT2D eigenvalue weighted by Crippen LogP contribution is 2.24. The van der Waals surface area contributed by atoms with Crippen molar-refractivity contribution in [2.75, 3.05) is 20.3 Å². The number of urea groups is 1. The van der Waals surface area contributed by atoms with Crippen molar-refractivity contribution in [3.63, 3.8) is 0 Å². The minimum atomic E-state index is -0.820. The Labute approximate surface area is 107 Å². The van der Waals surface area contributed by atoms with Crippen molar-refractivity contribution in [2.24, 2.45) is 5.92 Å². The minimum absolute atomic E-state index is 0.251. The SMILES string of the molecule is COCCCNC(=O)NC1CCCCC1C(=O)O. The van der Waals surface area contributed by atoms with Crippen molar-refractivity contribution in [3.8, 4) is 0 Å². The lowest BCUT2D eigenvalue weighted by Gasteiger charge is -2.29. The van der Waals surface area contributed by atoms with Gasteiger partial charge in [0, 0.05) is 26.3 Å². The normalized spacial score (nSPS) is 23.4. The van der Waals surface area contributed by atoms with Crippen LogP contribution in [0.1, 0.15) is 32.1 Å². The van der Waals surface area contributed by atoms with Gasteiger partial charge in [0.25, 0.3) is 0 Å². The molecule has 0 saturated heterocycles. The fraction of sp³-hybridized carbons (Fsp3) is 0.833. The maximum Gasteiger partial charge on any atom is 0.315 e. The van der Waals surface area contributed by atoms with Gasteiger partial charge in [-0.2, -0.15) is 0 Å². The van der Waals surface area contributed by atoms with Gasteiger partial charge in [-0.25, -0.2) is 4.79 Å². The molecule has 2 amide bonds. The van der Waals surface area contributed by atoms with Crippen LogP contribution in [-0.2, 0) is 9.53 Å². The van der Waals surface area contributed by atoms with Crippen LogP contribution < -0.4 is 10.6 Å². The first-order valence-electron chi connectivity index (χ1n) is 6.41. The zero-order valence-corrected chi connectivity index (χ0v) is 10.8. The van der Waals surface area contributed by atoms with Gasteiger partial charge in [-0.05, 0) is 19.3 Å². The third-order valence-corrected chi connectivity index (χ3v) is 3.21. The number of nitrogens with one attached hydrogen (secondary N) is 2. The Morgan fingerprint density at radius 1 is 1.33 bits per heavy atom. The van der Waals surface area contributed by atoms with Crippen LogP contribution in [0, 0.1) is 5.92 Å². The quantitative estimate of drug-likeness (QED) is 0.619. The molecule has 1 saturated carbocycles. The summed E-state index contributed by atoms with van der Waals surface area (Å²) < 4.78 is 4.87. The molecule has 0 spiro atoms. The number of rotatable bonds is 6. The number of amides is 2. The first-order valence-corrected chi connectivity index (χ1v) is 6.41. The van der Waals surface area contributed by atoms with Gasteiger partial charge in [0.2, 0.25) is 0 Å². The Hall–Kier alpha value is -1.30. The van der Waals surface area contributed by atoms with Gasteiger partial charge in [0.05, 0.1) is 5.92 Å². The number of carbonyl (C=O) groups is 2. The average Bonchev–Trinajstić information content (AvgIpc) is 2.35. The summed E-state index contributed by atoms with van der Waals surface area (Å²) in [5.74, 6) is -1.28. The second kappa shape index (κ2) is 7.92. The van der Waals surface area contributed by atoms with E-state index in [1.807, 2.05) is 0 Å². The molecule has 0 bridgehead atoms. The molecule has 6 heteroatoms. The number of hydrogen-bond acceptors (Lipinski definition) is 3. The molecule has 1 aliphatic carbocycles. The molecule has 0 aromatic heterocycles. The van der Waals surface area contributed by atoms with Crippen LogP contribution in [0.25, 0.3) is 0 Å². The molecular formula is C12H22N2O4. The number of aliphatic carboxylic acids is 1. The average molecular weight is 258 g/mol. The molecule has 1 rings (SSSR count). The molecule has 0 aliphatic heterocycles. The van der Waals surface area contributed by atoms with Crippen molar-refractivity contribution in [1.82, 2.24) is 10.6 Å². The van der Waals surface area contributed by atoms with Crippen LogP contribution in [0.4, 0.5) is 4.79 Å². The number of carboxylic acid groups (broad SMARTS) is 1. The molecule has 2 unspecified atom stereocenters. The Balaban J connectivity index is 2.30. The monoisotopic (exact) mass is 258 g/mol. The van der Waals surface area contributed by atoms with Gasteiger partial charge >= 0.3 is 12.0 Å². The van der Waals surface area contributed by atoms with E-state index in [0.717, 1.165) is 25.7 Å². The summed E-state index contributed by atoms with van der Waals surface area (Å²) in [6, 6.07) is -0.539. The van der Waals surface area contributed by atoms with E-state index in [0.29, 0.717) is 19.6 Å². The topological polar surface area (TPSA) is 87.7 Å². The highest BCUT2D eigenvalue weighted by atomic mass is 16.5. The van der Waals surface area contributed by atoms with Gasteiger partial charge in [0.1, 0.15) is 0 Å². The predicted octanol–water partition coefficient (Wildman–Crippen LogP) is 0.965. The van der Waals surface area contributed by atoms with E-state index in [-0.39, 0.29) is 12.1 Å². The summed E-state index contributed by atoms with van der Waals surface area (Å²) in [4.78, 5) is 22.6. The van der Waals surface area contributed by atoms with Gasteiger partial charge in [-0.15, -0.1) is 0 Å². The van der Waals surface area contributed by atoms with Gasteiger partial charge < -0.3 is 20.5 Å². The lowest BCUT2D eigenvalue weighted by molar-refractivity contribution is -0.143. The second-order valence-corrected chi connectivity index (χ2v) is 4.58. The van der Waals surface area contributed by atoms with Crippen molar-refractivity contribution < 1.29 is 19.4 Å². The second-order valence-electron chi connectivity index (χ2n) is 4.58. The molecule has 6 nitrogen and oxygen atoms in total. The van der Waals surface area contributed by atoms with Crippen molar-refractivity contribution >= 4 is 12.0 Å². The third kappa shape index (κ3) is 4.91. The Bertz CT molecular complexity index is 283. The molecule has 1 fully saturated rings. The summed E-state index contributed by atoms with van der Waals surface area (Å²) in [5, 5.41) is 14.5. The van der Waals surface area contributed by atoms with Crippen molar-refractivity contribution in [3.05, 3.63) is 0 Å². The smallest absolute Gasteiger partial charge is 0.315 e. The van der Waals surface area contributed by atoms with E-state index < -0.39 is 11.9 Å².